The van der Waals surface area contributed by atoms with Crippen LogP contribution in [0.3, 0.4) is 0 Å². The molecule has 2 N–H and O–H groups in total. The second-order valence-corrected chi connectivity index (χ2v) is 4.90. The zero-order valence-corrected chi connectivity index (χ0v) is 10.8. The van der Waals surface area contributed by atoms with Gasteiger partial charge in [0.1, 0.15) is 0 Å². The molecule has 0 aliphatic rings. The van der Waals surface area contributed by atoms with Gasteiger partial charge in [-0.2, -0.15) is 4.08 Å². The lowest BCUT2D eigenvalue weighted by Crippen LogP contribution is -1.70. The molecule has 0 saturated carbocycles. The maximum absolute atomic E-state index is 9.34. The van der Waals surface area contributed by atoms with E-state index in [1.54, 1.807) is 18.2 Å². The van der Waals surface area contributed by atoms with E-state index in [-0.39, 0.29) is 0 Å². The van der Waals surface area contributed by atoms with Crippen LogP contribution in [0.15, 0.2) is 18.2 Å². The highest BCUT2D eigenvalue weighted by Gasteiger charge is 2.10. The molecular weight excluding hydrogens is 309 g/mol. The van der Waals surface area contributed by atoms with Gasteiger partial charge in [0, 0.05) is 5.02 Å². The minimum Gasteiger partial charge on any atom is -0.302 e. The third-order valence-corrected chi connectivity index (χ3v) is 2.66. The van der Waals surface area contributed by atoms with Gasteiger partial charge in [-0.15, -0.1) is 0 Å². The lowest BCUT2D eigenvalue weighted by molar-refractivity contribution is 0.292. The monoisotopic (exact) mass is 312 g/mol. The van der Waals surface area contributed by atoms with Crippen LogP contribution >= 0.6 is 54.5 Å². The molecule has 0 spiro atoms. The lowest BCUT2D eigenvalue weighted by atomic mass is 10.4. The molecule has 0 radical (unpaired) electrons. The topological polar surface area (TPSA) is 66.8 Å². The minimum atomic E-state index is -4.38. The second kappa shape index (κ2) is 6.94. The summed E-state index contributed by atoms with van der Waals surface area (Å²) in [5.41, 5.74) is 0. The Balaban J connectivity index is 0.000000288. The van der Waals surface area contributed by atoms with Gasteiger partial charge in [0.25, 0.3) is 0 Å². The minimum absolute atomic E-state index is 0.490. The van der Waals surface area contributed by atoms with E-state index in [9.17, 15) is 4.57 Å². The number of halogens is 4. The van der Waals surface area contributed by atoms with E-state index in [2.05, 4.69) is 15.9 Å². The lowest BCUT2D eigenvalue weighted by Gasteiger charge is -1.92. The predicted molar refractivity (Wildman–Crippen MR) is 60.5 cm³/mol. The molecule has 0 unspecified atom stereocenters. The fraction of sp³-hybridized carbons (Fsp3) is 0. The molecule has 1 aromatic rings. The van der Waals surface area contributed by atoms with E-state index in [1.807, 2.05) is 0 Å². The van der Waals surface area contributed by atoms with Gasteiger partial charge in [-0.1, -0.05) is 34.8 Å². The average molecular weight is 314 g/mol. The Hall–Kier alpha value is 0.490. The van der Waals surface area contributed by atoms with E-state index in [4.69, 9.17) is 44.6 Å². The van der Waals surface area contributed by atoms with Gasteiger partial charge in [-0.3, -0.25) is 0 Å². The third-order valence-electron chi connectivity index (χ3n) is 0.972. The van der Waals surface area contributed by atoms with Crippen molar-refractivity contribution in [2.75, 3.05) is 0 Å². The third kappa shape index (κ3) is 8.31. The van der Waals surface area contributed by atoms with Crippen LogP contribution in [0, 0.1) is 0 Å². The molecule has 0 saturated heterocycles. The maximum atomic E-state index is 9.34. The Kier molecular flexibility index (Phi) is 7.17. The standard InChI is InChI=1S/C6H3Cl3.ClH2O4P/c7-4-1-2-5(8)6(9)3-4;1-5-6(2,3)4/h1-3H;(H2,2,3,4). The quantitative estimate of drug-likeness (QED) is 0.609. The van der Waals surface area contributed by atoms with Gasteiger partial charge in [0.05, 0.1) is 21.9 Å². The van der Waals surface area contributed by atoms with Crippen LogP contribution in [0.2, 0.25) is 15.1 Å². The summed E-state index contributed by atoms with van der Waals surface area (Å²) < 4.78 is 12.4. The fourth-order valence-electron chi connectivity index (χ4n) is 0.470. The molecule has 0 aliphatic carbocycles. The van der Waals surface area contributed by atoms with Crippen LogP contribution in [0.1, 0.15) is 0 Å². The molecule has 0 amide bonds. The first-order chi connectivity index (χ1) is 6.76. The summed E-state index contributed by atoms with van der Waals surface area (Å²) in [5.74, 6) is 0. The molecule has 1 aromatic carbocycles. The maximum Gasteiger partial charge on any atom is 0.486 e. The van der Waals surface area contributed by atoms with Gasteiger partial charge in [0.2, 0.25) is 0 Å². The fourth-order valence-corrected chi connectivity index (χ4v) is 0.997. The number of rotatable bonds is 1. The van der Waals surface area contributed by atoms with Crippen molar-refractivity contribution in [3.8, 4) is 0 Å². The van der Waals surface area contributed by atoms with Gasteiger partial charge in [-0.25, -0.2) is 4.57 Å². The Labute approximate surface area is 106 Å². The zero-order chi connectivity index (χ0) is 12.1. The van der Waals surface area contributed by atoms with Crippen molar-refractivity contribution in [2.45, 2.75) is 0 Å². The first-order valence-corrected chi connectivity index (χ1v) is 6.20. The van der Waals surface area contributed by atoms with E-state index in [0.29, 0.717) is 15.1 Å². The van der Waals surface area contributed by atoms with Gasteiger partial charge < -0.3 is 9.79 Å². The van der Waals surface area contributed by atoms with Gasteiger partial charge >= 0.3 is 7.82 Å². The highest BCUT2D eigenvalue weighted by Crippen LogP contribution is 2.36. The van der Waals surface area contributed by atoms with Crippen molar-refractivity contribution in [1.29, 1.82) is 0 Å². The molecule has 0 aromatic heterocycles. The number of hydrogen-bond acceptors (Lipinski definition) is 2. The van der Waals surface area contributed by atoms with Crippen LogP contribution in [-0.2, 0) is 8.64 Å². The zero-order valence-electron chi connectivity index (χ0n) is 6.90. The highest BCUT2D eigenvalue weighted by molar-refractivity contribution is 7.47. The van der Waals surface area contributed by atoms with Crippen LogP contribution in [-0.4, -0.2) is 9.79 Å². The van der Waals surface area contributed by atoms with Crippen molar-refractivity contribution in [2.24, 2.45) is 0 Å². The molecule has 1 rings (SSSR count). The molecule has 9 heteroatoms. The summed E-state index contributed by atoms with van der Waals surface area (Å²) >= 11 is 21.0. The first-order valence-electron chi connectivity index (χ1n) is 3.22. The van der Waals surface area contributed by atoms with E-state index in [0.717, 1.165) is 0 Å². The Morgan fingerprint density at radius 3 is 1.87 bits per heavy atom. The van der Waals surface area contributed by atoms with E-state index in [1.165, 1.54) is 0 Å². The van der Waals surface area contributed by atoms with Gasteiger partial charge in [0.15, 0.2) is 0 Å². The number of phosphoric acid groups is 1. The summed E-state index contributed by atoms with van der Waals surface area (Å²) in [4.78, 5) is 15.2. The van der Waals surface area contributed by atoms with Gasteiger partial charge in [-0.05, 0) is 18.2 Å². The number of benzene rings is 1. The average Bonchev–Trinajstić information content (AvgIpc) is 2.12. The summed E-state index contributed by atoms with van der Waals surface area (Å²) in [6.45, 7) is 0. The van der Waals surface area contributed by atoms with Crippen molar-refractivity contribution >= 4 is 54.5 Å². The molecular formula is C6H5Cl4O4P. The van der Waals surface area contributed by atoms with E-state index < -0.39 is 7.82 Å². The Morgan fingerprint density at radius 1 is 1.13 bits per heavy atom. The Morgan fingerprint density at radius 2 is 1.60 bits per heavy atom. The summed E-state index contributed by atoms with van der Waals surface area (Å²) in [6, 6.07) is 4.95. The Bertz CT molecular complexity index is 366. The number of hydrogen-bond donors (Lipinski definition) is 2. The smallest absolute Gasteiger partial charge is 0.302 e. The highest BCUT2D eigenvalue weighted by atomic mass is 35.5. The van der Waals surface area contributed by atoms with Crippen molar-refractivity contribution in [3.05, 3.63) is 33.3 Å². The molecule has 0 atom stereocenters. The van der Waals surface area contributed by atoms with Crippen molar-refractivity contribution < 1.29 is 18.4 Å². The van der Waals surface area contributed by atoms with Crippen LogP contribution in [0.25, 0.3) is 0 Å². The molecule has 0 heterocycles. The summed E-state index contributed by atoms with van der Waals surface area (Å²) in [6.07, 6.45) is 0. The second-order valence-electron chi connectivity index (χ2n) is 2.12. The van der Waals surface area contributed by atoms with Crippen molar-refractivity contribution in [1.82, 2.24) is 0 Å². The molecule has 0 fully saturated rings. The predicted octanol–water partition coefficient (Wildman–Crippen LogP) is 3.90. The van der Waals surface area contributed by atoms with Crippen molar-refractivity contribution in [3.63, 3.8) is 0 Å². The summed E-state index contributed by atoms with van der Waals surface area (Å²) in [7, 11) is -4.38. The van der Waals surface area contributed by atoms with Crippen LogP contribution < -0.4 is 0 Å². The van der Waals surface area contributed by atoms with Crippen LogP contribution in [0.4, 0.5) is 0 Å². The molecule has 0 aliphatic heterocycles. The molecule has 0 bridgehead atoms. The largest absolute Gasteiger partial charge is 0.486 e. The normalized spacial score (nSPS) is 10.5. The summed E-state index contributed by atoms with van der Waals surface area (Å²) in [5, 5.41) is 1.62. The van der Waals surface area contributed by atoms with E-state index >= 15 is 0 Å². The molecule has 4 nitrogen and oxygen atoms in total. The molecule has 15 heavy (non-hydrogen) atoms. The van der Waals surface area contributed by atoms with Crippen LogP contribution in [0.5, 0.6) is 0 Å². The SMILES string of the molecule is Clc1ccc(Cl)c(Cl)c1.O=P(O)(O)OCl. The molecule has 86 valence electrons. The first kappa shape index (κ1) is 15.5.